The van der Waals surface area contributed by atoms with Crippen LogP contribution in [0, 0.1) is 0 Å². The van der Waals surface area contributed by atoms with Crippen LogP contribution in [0.15, 0.2) is 29.8 Å². The van der Waals surface area contributed by atoms with E-state index >= 15 is 0 Å². The molecule has 0 spiro atoms. The van der Waals surface area contributed by atoms with E-state index in [0.717, 1.165) is 48.6 Å². The molecular formula is C22H33N5O2. The first kappa shape index (κ1) is 21.0. The number of anilines is 2. The molecule has 0 bridgehead atoms. The second kappa shape index (κ2) is 8.35. The van der Waals surface area contributed by atoms with Crippen molar-refractivity contribution in [3.8, 4) is 0 Å². The van der Waals surface area contributed by atoms with E-state index in [2.05, 4.69) is 34.7 Å². The second-order valence-electron chi connectivity index (χ2n) is 8.98. The molecule has 1 atom stereocenters. The van der Waals surface area contributed by atoms with E-state index in [9.17, 15) is 4.79 Å². The lowest BCUT2D eigenvalue weighted by molar-refractivity contribution is 0.0500. The molecule has 7 nitrogen and oxygen atoms in total. The van der Waals surface area contributed by atoms with Gasteiger partial charge in [0.05, 0.1) is 11.0 Å². The number of imidazole rings is 1. The van der Waals surface area contributed by atoms with Gasteiger partial charge in [-0.15, -0.1) is 0 Å². The number of aromatic nitrogens is 2. The van der Waals surface area contributed by atoms with Crippen LogP contribution < -0.4 is 16.0 Å². The van der Waals surface area contributed by atoms with Crippen molar-refractivity contribution in [2.45, 2.75) is 65.6 Å². The summed E-state index contributed by atoms with van der Waals surface area (Å²) < 4.78 is 7.62. The zero-order valence-corrected chi connectivity index (χ0v) is 18.2. The van der Waals surface area contributed by atoms with E-state index in [1.807, 2.05) is 39.0 Å². The lowest BCUT2D eigenvalue weighted by Gasteiger charge is -2.34. The molecule has 1 aliphatic heterocycles. The number of nitrogens with two attached hydrogens (primary N) is 1. The van der Waals surface area contributed by atoms with Gasteiger partial charge in [0.2, 0.25) is 5.95 Å². The number of fused-ring (bicyclic) bond motifs is 1. The van der Waals surface area contributed by atoms with Crippen LogP contribution in [0.3, 0.4) is 0 Å². The fraction of sp³-hybridized carbons (Fsp3) is 0.545. The first-order valence-electron chi connectivity index (χ1n) is 10.3. The van der Waals surface area contributed by atoms with Gasteiger partial charge in [-0.1, -0.05) is 11.6 Å². The van der Waals surface area contributed by atoms with E-state index in [0.29, 0.717) is 6.54 Å². The van der Waals surface area contributed by atoms with Crippen molar-refractivity contribution < 1.29 is 9.53 Å². The average molecular weight is 400 g/mol. The van der Waals surface area contributed by atoms with Gasteiger partial charge in [0.25, 0.3) is 0 Å². The number of hydrogen-bond acceptors (Lipinski definition) is 5. The van der Waals surface area contributed by atoms with Crippen molar-refractivity contribution in [2.24, 2.45) is 0 Å². The standard InChI is InChI=1S/C22H33N5O2/c1-15(2)10-12-27-19-13-16(23)8-9-18(19)25-20(27)26-11-6-7-17(14-26)24-21(28)29-22(3,4)5/h8-10,13,17H,6-7,11-12,14,23H2,1-5H3,(H,24,28)/t17-/m1/s1. The highest BCUT2D eigenvalue weighted by atomic mass is 16.6. The van der Waals surface area contributed by atoms with Crippen LogP contribution in [0.4, 0.5) is 16.4 Å². The lowest BCUT2D eigenvalue weighted by Crippen LogP contribution is -2.49. The van der Waals surface area contributed by atoms with Crippen LogP contribution in [-0.4, -0.2) is 40.4 Å². The Morgan fingerprint density at radius 1 is 1.38 bits per heavy atom. The van der Waals surface area contributed by atoms with E-state index in [4.69, 9.17) is 15.5 Å². The molecule has 1 aromatic heterocycles. The van der Waals surface area contributed by atoms with Crippen molar-refractivity contribution in [1.82, 2.24) is 14.9 Å². The topological polar surface area (TPSA) is 85.4 Å². The number of hydrogen-bond donors (Lipinski definition) is 2. The largest absolute Gasteiger partial charge is 0.444 e. The number of nitrogens with one attached hydrogen (secondary N) is 1. The van der Waals surface area contributed by atoms with E-state index < -0.39 is 5.60 Å². The third-order valence-electron chi connectivity index (χ3n) is 4.86. The number of carbonyl (C=O) groups is 1. The van der Waals surface area contributed by atoms with Gasteiger partial charge in [0.1, 0.15) is 5.60 Å². The van der Waals surface area contributed by atoms with Crippen LogP contribution in [0.25, 0.3) is 11.0 Å². The first-order chi connectivity index (χ1) is 13.6. The summed E-state index contributed by atoms with van der Waals surface area (Å²) in [6.45, 7) is 12.1. The number of amides is 1. The summed E-state index contributed by atoms with van der Waals surface area (Å²) >= 11 is 0. The van der Waals surface area contributed by atoms with Crippen LogP contribution in [0.5, 0.6) is 0 Å². The third kappa shape index (κ3) is 5.43. The Kier molecular flexibility index (Phi) is 6.05. The molecule has 29 heavy (non-hydrogen) atoms. The van der Waals surface area contributed by atoms with Gasteiger partial charge in [-0.25, -0.2) is 9.78 Å². The molecular weight excluding hydrogens is 366 g/mol. The molecule has 3 N–H and O–H groups in total. The fourth-order valence-electron chi connectivity index (χ4n) is 3.57. The minimum Gasteiger partial charge on any atom is -0.444 e. The molecule has 1 saturated heterocycles. The Hall–Kier alpha value is -2.70. The summed E-state index contributed by atoms with van der Waals surface area (Å²) in [5, 5.41) is 3.02. The van der Waals surface area contributed by atoms with Crippen LogP contribution >= 0.6 is 0 Å². The van der Waals surface area contributed by atoms with Crippen molar-refractivity contribution >= 4 is 28.8 Å². The summed E-state index contributed by atoms with van der Waals surface area (Å²) in [6.07, 6.45) is 3.73. The fourth-order valence-corrected chi connectivity index (χ4v) is 3.57. The summed E-state index contributed by atoms with van der Waals surface area (Å²) in [7, 11) is 0. The SMILES string of the molecule is CC(C)=CCn1c(N2CCC[C@@H](NC(=O)OC(C)(C)C)C2)nc2ccc(N)cc21. The van der Waals surface area contributed by atoms with Gasteiger partial charge < -0.3 is 25.3 Å². The Morgan fingerprint density at radius 2 is 2.14 bits per heavy atom. The number of benzene rings is 1. The smallest absolute Gasteiger partial charge is 0.407 e. The molecule has 1 amide bonds. The highest BCUT2D eigenvalue weighted by Gasteiger charge is 2.27. The summed E-state index contributed by atoms with van der Waals surface area (Å²) in [6, 6.07) is 5.85. The van der Waals surface area contributed by atoms with Crippen molar-refractivity contribution in [1.29, 1.82) is 0 Å². The molecule has 1 aliphatic rings. The summed E-state index contributed by atoms with van der Waals surface area (Å²) in [5.74, 6) is 0.916. The Bertz CT molecular complexity index is 906. The van der Waals surface area contributed by atoms with E-state index in [1.165, 1.54) is 5.57 Å². The molecule has 2 aromatic rings. The number of allylic oxidation sites excluding steroid dienone is 2. The zero-order valence-electron chi connectivity index (χ0n) is 18.2. The highest BCUT2D eigenvalue weighted by Crippen LogP contribution is 2.27. The summed E-state index contributed by atoms with van der Waals surface area (Å²) in [5.41, 5.74) is 9.47. The monoisotopic (exact) mass is 399 g/mol. The maximum Gasteiger partial charge on any atom is 0.407 e. The number of nitrogens with zero attached hydrogens (tertiary/aromatic N) is 3. The quantitative estimate of drug-likeness (QED) is 0.598. The maximum absolute atomic E-state index is 12.2. The second-order valence-corrected chi connectivity index (χ2v) is 8.98. The Morgan fingerprint density at radius 3 is 2.83 bits per heavy atom. The molecule has 1 aromatic carbocycles. The number of carbonyl (C=O) groups excluding carboxylic acids is 1. The molecule has 158 valence electrons. The third-order valence-corrected chi connectivity index (χ3v) is 4.86. The molecule has 0 radical (unpaired) electrons. The Labute approximate surface area is 172 Å². The van der Waals surface area contributed by atoms with Gasteiger partial charge in [-0.05, 0) is 65.7 Å². The minimum absolute atomic E-state index is 0.0281. The molecule has 0 saturated carbocycles. The maximum atomic E-state index is 12.2. The molecule has 0 aliphatic carbocycles. The number of rotatable bonds is 4. The number of nitrogen functional groups attached to an aromatic ring is 1. The van der Waals surface area contributed by atoms with Crippen LogP contribution in [0.2, 0.25) is 0 Å². The average Bonchev–Trinajstić information content (AvgIpc) is 2.96. The van der Waals surface area contributed by atoms with Crippen molar-refractivity contribution in [2.75, 3.05) is 23.7 Å². The molecule has 0 unspecified atom stereocenters. The van der Waals surface area contributed by atoms with Crippen LogP contribution in [0.1, 0.15) is 47.5 Å². The predicted molar refractivity (Wildman–Crippen MR) is 118 cm³/mol. The van der Waals surface area contributed by atoms with Gasteiger partial charge >= 0.3 is 6.09 Å². The zero-order chi connectivity index (χ0) is 21.2. The normalized spacial score (nSPS) is 17.3. The first-order valence-corrected chi connectivity index (χ1v) is 10.3. The van der Waals surface area contributed by atoms with Crippen molar-refractivity contribution in [3.05, 3.63) is 29.8 Å². The number of ether oxygens (including phenoxy) is 1. The highest BCUT2D eigenvalue weighted by molar-refractivity contribution is 5.82. The molecule has 3 rings (SSSR count). The van der Waals surface area contributed by atoms with Gasteiger partial charge in [-0.2, -0.15) is 0 Å². The Balaban J connectivity index is 1.84. The number of piperidine rings is 1. The molecule has 2 heterocycles. The van der Waals surface area contributed by atoms with E-state index in [-0.39, 0.29) is 12.1 Å². The van der Waals surface area contributed by atoms with E-state index in [1.54, 1.807) is 0 Å². The minimum atomic E-state index is -0.503. The van der Waals surface area contributed by atoms with Gasteiger partial charge in [-0.3, -0.25) is 0 Å². The number of alkyl carbamates (subject to hydrolysis) is 1. The summed E-state index contributed by atoms with van der Waals surface area (Å²) in [4.78, 5) is 19.3. The van der Waals surface area contributed by atoms with Crippen molar-refractivity contribution in [3.63, 3.8) is 0 Å². The van der Waals surface area contributed by atoms with Gasteiger partial charge in [0.15, 0.2) is 0 Å². The molecule has 7 heteroatoms. The predicted octanol–water partition coefficient (Wildman–Crippen LogP) is 4.08. The van der Waals surface area contributed by atoms with Gasteiger partial charge in [0, 0.05) is 31.4 Å². The molecule has 1 fully saturated rings. The van der Waals surface area contributed by atoms with Crippen LogP contribution in [-0.2, 0) is 11.3 Å². The lowest BCUT2D eigenvalue weighted by atomic mass is 10.1.